The lowest BCUT2D eigenvalue weighted by Crippen LogP contribution is -2.44. The van der Waals surface area contributed by atoms with E-state index in [0.717, 1.165) is 24.6 Å². The summed E-state index contributed by atoms with van der Waals surface area (Å²) in [6, 6.07) is 12.6. The number of rotatable bonds is 8. The first-order valence-corrected chi connectivity index (χ1v) is 11.7. The second-order valence-corrected chi connectivity index (χ2v) is 9.21. The predicted molar refractivity (Wildman–Crippen MR) is 124 cm³/mol. The van der Waals surface area contributed by atoms with E-state index in [9.17, 15) is 14.4 Å². The number of ether oxygens (including phenoxy) is 1. The molecular weight excluding hydrogens is 482 g/mol. The van der Waals surface area contributed by atoms with Crippen molar-refractivity contribution >= 4 is 56.1 Å². The van der Waals surface area contributed by atoms with Gasteiger partial charge in [-0.2, -0.15) is 0 Å². The highest BCUT2D eigenvalue weighted by molar-refractivity contribution is 9.10. The average molecular weight is 506 g/mol. The summed E-state index contributed by atoms with van der Waals surface area (Å²) in [5.41, 5.74) is 0.102. The van der Waals surface area contributed by atoms with Crippen molar-refractivity contribution in [2.24, 2.45) is 5.41 Å². The molecule has 2 aromatic carbocycles. The molecule has 1 aliphatic heterocycles. The summed E-state index contributed by atoms with van der Waals surface area (Å²) in [7, 11) is 0. The third kappa shape index (κ3) is 4.65. The number of para-hydroxylation sites is 1. The Morgan fingerprint density at radius 1 is 1.19 bits per heavy atom. The van der Waals surface area contributed by atoms with Crippen LogP contribution in [0.3, 0.4) is 0 Å². The van der Waals surface area contributed by atoms with Crippen LogP contribution in [0.25, 0.3) is 0 Å². The van der Waals surface area contributed by atoms with Crippen LogP contribution in [0, 0.1) is 5.41 Å². The minimum absolute atomic E-state index is 0.195. The summed E-state index contributed by atoms with van der Waals surface area (Å²) in [5.74, 6) is -1.03. The molecule has 1 heterocycles. The maximum Gasteiger partial charge on any atom is 0.341 e. The van der Waals surface area contributed by atoms with E-state index in [-0.39, 0.29) is 11.0 Å². The van der Waals surface area contributed by atoms with Crippen molar-refractivity contribution in [3.63, 3.8) is 0 Å². The van der Waals surface area contributed by atoms with Crippen molar-refractivity contribution in [2.45, 2.75) is 44.4 Å². The summed E-state index contributed by atoms with van der Waals surface area (Å²) in [5, 5.41) is 8.75. The molecule has 0 aliphatic carbocycles. The van der Waals surface area contributed by atoms with Gasteiger partial charge in [-0.1, -0.05) is 44.9 Å². The largest absolute Gasteiger partial charge is 0.481 e. The zero-order chi connectivity index (χ0) is 22.6. The molecule has 8 heteroatoms. The molecular formula is C23H24BrNO5S. The number of fused-ring (bicyclic) bond motifs is 1. The van der Waals surface area contributed by atoms with Crippen molar-refractivity contribution in [2.75, 3.05) is 11.5 Å². The molecule has 3 rings (SSSR count). The van der Waals surface area contributed by atoms with Crippen molar-refractivity contribution < 1.29 is 24.2 Å². The first-order valence-electron chi connectivity index (χ1n) is 10.1. The van der Waals surface area contributed by atoms with Crippen LogP contribution < -0.4 is 9.64 Å². The van der Waals surface area contributed by atoms with Crippen LogP contribution in [0.5, 0.6) is 5.75 Å². The first kappa shape index (κ1) is 23.3. The highest BCUT2D eigenvalue weighted by Crippen LogP contribution is 2.50. The Labute approximate surface area is 194 Å². The van der Waals surface area contributed by atoms with Crippen LogP contribution in [0.15, 0.2) is 51.8 Å². The number of hydrogen-bond acceptors (Lipinski definition) is 5. The van der Waals surface area contributed by atoms with Crippen LogP contribution in [0.1, 0.15) is 39.5 Å². The van der Waals surface area contributed by atoms with E-state index < -0.39 is 18.0 Å². The molecule has 0 radical (unpaired) electrons. The molecule has 1 aliphatic rings. The van der Waals surface area contributed by atoms with Crippen molar-refractivity contribution in [1.82, 2.24) is 0 Å². The van der Waals surface area contributed by atoms with Crippen molar-refractivity contribution in [3.05, 3.63) is 46.9 Å². The van der Waals surface area contributed by atoms with Gasteiger partial charge >= 0.3 is 5.97 Å². The third-order valence-electron chi connectivity index (χ3n) is 5.39. The zero-order valence-corrected chi connectivity index (χ0v) is 19.8. The van der Waals surface area contributed by atoms with Crippen molar-refractivity contribution in [1.29, 1.82) is 0 Å². The minimum Gasteiger partial charge on any atom is -0.481 e. The van der Waals surface area contributed by atoms with Crippen LogP contribution in [0.4, 0.5) is 11.4 Å². The third-order valence-corrected chi connectivity index (χ3v) is 7.13. The monoisotopic (exact) mass is 505 g/mol. The van der Waals surface area contributed by atoms with E-state index in [1.165, 1.54) is 0 Å². The number of carbonyl (C=O) groups excluding carboxylic acids is 2. The zero-order valence-electron chi connectivity index (χ0n) is 17.4. The van der Waals surface area contributed by atoms with Crippen LogP contribution in [-0.2, 0) is 14.4 Å². The predicted octanol–water partition coefficient (Wildman–Crippen LogP) is 5.80. The van der Waals surface area contributed by atoms with Gasteiger partial charge in [-0.25, -0.2) is 4.79 Å². The topological polar surface area (TPSA) is 83.9 Å². The number of aliphatic carboxylic acids is 1. The Kier molecular flexibility index (Phi) is 7.43. The SMILES string of the molecule is CCCCC1(CC)C(=O)Sc2cc(OCC(=O)O)c(Br)cc2N(c2ccccc2)C1=O. The Balaban J connectivity index is 2.19. The van der Waals surface area contributed by atoms with E-state index in [4.69, 9.17) is 9.84 Å². The highest BCUT2D eigenvalue weighted by Gasteiger charge is 2.49. The number of amides is 1. The fourth-order valence-electron chi connectivity index (χ4n) is 3.63. The van der Waals surface area contributed by atoms with Gasteiger partial charge in [0.25, 0.3) is 0 Å². The van der Waals surface area contributed by atoms with E-state index in [2.05, 4.69) is 15.9 Å². The van der Waals surface area contributed by atoms with E-state index in [0.29, 0.717) is 39.3 Å². The number of benzene rings is 2. The maximum atomic E-state index is 14.0. The Morgan fingerprint density at radius 3 is 2.52 bits per heavy atom. The molecule has 2 aromatic rings. The van der Waals surface area contributed by atoms with E-state index >= 15 is 0 Å². The molecule has 31 heavy (non-hydrogen) atoms. The number of nitrogens with zero attached hydrogens (tertiary/aromatic N) is 1. The minimum atomic E-state index is -1.13. The molecule has 0 saturated heterocycles. The number of carboxylic acid groups (broad SMARTS) is 1. The summed E-state index contributed by atoms with van der Waals surface area (Å²) in [6.07, 6.45) is 2.52. The smallest absolute Gasteiger partial charge is 0.341 e. The Hall–Kier alpha value is -2.32. The van der Waals surface area contributed by atoms with Gasteiger partial charge in [0.05, 0.1) is 10.2 Å². The Morgan fingerprint density at radius 2 is 1.90 bits per heavy atom. The summed E-state index contributed by atoms with van der Waals surface area (Å²) >= 11 is 4.45. The van der Waals surface area contributed by atoms with Gasteiger partial charge in [0, 0.05) is 10.6 Å². The molecule has 0 aromatic heterocycles. The lowest BCUT2D eigenvalue weighted by Gasteiger charge is -2.33. The first-order chi connectivity index (χ1) is 14.8. The lowest BCUT2D eigenvalue weighted by atomic mass is 9.79. The van der Waals surface area contributed by atoms with Gasteiger partial charge in [-0.05, 0) is 64.8 Å². The van der Waals surface area contributed by atoms with Crippen LogP contribution in [0.2, 0.25) is 0 Å². The number of carbonyl (C=O) groups is 3. The van der Waals surface area contributed by atoms with E-state index in [1.807, 2.05) is 44.2 Å². The van der Waals surface area contributed by atoms with E-state index in [1.54, 1.807) is 17.0 Å². The number of carboxylic acids is 1. The molecule has 1 amide bonds. The lowest BCUT2D eigenvalue weighted by molar-refractivity contribution is -0.139. The highest BCUT2D eigenvalue weighted by atomic mass is 79.9. The van der Waals surface area contributed by atoms with Gasteiger partial charge in [-0.3, -0.25) is 14.5 Å². The number of hydrogen-bond donors (Lipinski definition) is 1. The molecule has 0 bridgehead atoms. The molecule has 1 atom stereocenters. The van der Waals surface area contributed by atoms with Gasteiger partial charge < -0.3 is 9.84 Å². The summed E-state index contributed by atoms with van der Waals surface area (Å²) in [4.78, 5) is 40.5. The number of anilines is 2. The number of thioether (sulfide) groups is 1. The fraction of sp³-hybridized carbons (Fsp3) is 0.348. The average Bonchev–Trinajstić information content (AvgIpc) is 2.83. The summed E-state index contributed by atoms with van der Waals surface area (Å²) < 4.78 is 5.88. The fourth-order valence-corrected chi connectivity index (χ4v) is 5.23. The van der Waals surface area contributed by atoms with Crippen molar-refractivity contribution in [3.8, 4) is 5.75 Å². The molecule has 1 unspecified atom stereocenters. The molecule has 6 nitrogen and oxygen atoms in total. The standard InChI is InChI=1S/C23H24BrNO5S/c1-3-5-11-23(4-2)21(28)25(15-9-7-6-8-10-15)17-12-16(24)18(30-14-20(26)27)13-19(17)31-22(23)29/h6-10,12-13H,3-5,11,14H2,1-2H3,(H,26,27). The Bertz CT molecular complexity index is 997. The molecule has 0 saturated carbocycles. The number of halogens is 1. The van der Waals surface area contributed by atoms with Gasteiger partial charge in [0.15, 0.2) is 6.61 Å². The van der Waals surface area contributed by atoms with Gasteiger partial charge in [0.1, 0.15) is 11.2 Å². The number of unbranched alkanes of at least 4 members (excludes halogenated alkanes) is 1. The molecule has 1 N–H and O–H groups in total. The molecule has 0 fully saturated rings. The van der Waals surface area contributed by atoms with Gasteiger partial charge in [0.2, 0.25) is 11.0 Å². The van der Waals surface area contributed by atoms with Crippen LogP contribution >= 0.6 is 27.7 Å². The second-order valence-electron chi connectivity index (χ2n) is 7.34. The second kappa shape index (κ2) is 9.87. The van der Waals surface area contributed by atoms with Crippen LogP contribution in [-0.4, -0.2) is 28.7 Å². The normalized spacial score (nSPS) is 18.5. The van der Waals surface area contributed by atoms with Gasteiger partial charge in [-0.15, -0.1) is 0 Å². The summed E-state index contributed by atoms with van der Waals surface area (Å²) in [6.45, 7) is 3.41. The molecule has 0 spiro atoms. The molecule has 164 valence electrons. The maximum absolute atomic E-state index is 14.0. The quantitative estimate of drug-likeness (QED) is 0.456.